The minimum Gasteiger partial charge on any atom is -0.345 e. The molecular weight excluding hydrogens is 368 g/mol. The molecule has 2 aromatic rings. The van der Waals surface area contributed by atoms with E-state index in [1.54, 1.807) is 4.68 Å². The SMILES string of the molecule is C#CCNC(=O)C1CCC1c1nc2c(cnn2C2CCC(F)(F)CC2)c(=O)[nH]1. The highest BCUT2D eigenvalue weighted by atomic mass is 19.3. The van der Waals surface area contributed by atoms with Crippen molar-refractivity contribution in [2.75, 3.05) is 6.54 Å². The Bertz CT molecular complexity index is 996. The molecule has 4 rings (SSSR count). The number of nitrogens with one attached hydrogen (secondary N) is 2. The standard InChI is InChI=1S/C19H21F2N5O2/c1-2-9-22-17(27)13-4-3-12(13)15-24-16-14(18(28)25-15)10-23-26(16)11-5-7-19(20,21)8-6-11/h1,10-13H,3-9H2,(H,22,27)(H,24,25,28). The third kappa shape index (κ3) is 3.28. The Hall–Kier alpha value is -2.76. The van der Waals surface area contributed by atoms with E-state index in [1.165, 1.54) is 6.20 Å². The summed E-state index contributed by atoms with van der Waals surface area (Å²) < 4.78 is 28.5. The lowest BCUT2D eigenvalue weighted by atomic mass is 9.72. The van der Waals surface area contributed by atoms with Crippen LogP contribution in [0.25, 0.3) is 11.0 Å². The van der Waals surface area contributed by atoms with Gasteiger partial charge in [-0.1, -0.05) is 5.92 Å². The molecule has 0 saturated heterocycles. The van der Waals surface area contributed by atoms with Gasteiger partial charge in [0, 0.05) is 24.7 Å². The zero-order chi connectivity index (χ0) is 19.9. The predicted molar refractivity (Wildman–Crippen MR) is 97.9 cm³/mol. The molecule has 2 unspecified atom stereocenters. The highest BCUT2D eigenvalue weighted by Crippen LogP contribution is 2.42. The second-order valence-electron chi connectivity index (χ2n) is 7.58. The highest BCUT2D eigenvalue weighted by Gasteiger charge is 2.40. The molecule has 148 valence electrons. The van der Waals surface area contributed by atoms with Crippen molar-refractivity contribution in [1.29, 1.82) is 0 Å². The smallest absolute Gasteiger partial charge is 0.262 e. The van der Waals surface area contributed by atoms with Gasteiger partial charge in [0.1, 0.15) is 11.2 Å². The van der Waals surface area contributed by atoms with Gasteiger partial charge >= 0.3 is 0 Å². The van der Waals surface area contributed by atoms with Crippen molar-refractivity contribution in [1.82, 2.24) is 25.1 Å². The summed E-state index contributed by atoms with van der Waals surface area (Å²) in [6, 6.07) is -0.213. The molecular formula is C19H21F2N5O2. The number of halogens is 2. The molecule has 28 heavy (non-hydrogen) atoms. The van der Waals surface area contributed by atoms with Crippen LogP contribution in [0.3, 0.4) is 0 Å². The average molecular weight is 389 g/mol. The number of carbonyl (C=O) groups excluding carboxylic acids is 1. The summed E-state index contributed by atoms with van der Waals surface area (Å²) in [6.07, 6.45) is 8.20. The second-order valence-corrected chi connectivity index (χ2v) is 7.58. The van der Waals surface area contributed by atoms with E-state index < -0.39 is 5.92 Å². The molecule has 0 spiro atoms. The van der Waals surface area contributed by atoms with Crippen LogP contribution in [0.4, 0.5) is 8.78 Å². The van der Waals surface area contributed by atoms with Crippen molar-refractivity contribution in [2.24, 2.45) is 5.92 Å². The van der Waals surface area contributed by atoms with E-state index in [-0.39, 0.29) is 61.6 Å². The molecule has 0 aromatic carbocycles. The molecule has 0 radical (unpaired) electrons. The number of rotatable bonds is 4. The van der Waals surface area contributed by atoms with Crippen LogP contribution in [-0.2, 0) is 4.79 Å². The zero-order valence-electron chi connectivity index (χ0n) is 15.3. The van der Waals surface area contributed by atoms with Crippen LogP contribution in [0.5, 0.6) is 0 Å². The number of hydrogen-bond donors (Lipinski definition) is 2. The van der Waals surface area contributed by atoms with Gasteiger partial charge in [0.05, 0.1) is 18.8 Å². The number of fused-ring (bicyclic) bond motifs is 1. The number of amides is 1. The summed E-state index contributed by atoms with van der Waals surface area (Å²) >= 11 is 0. The minimum absolute atomic E-state index is 0.153. The summed E-state index contributed by atoms with van der Waals surface area (Å²) in [5.74, 6) is -0.481. The molecule has 7 nitrogen and oxygen atoms in total. The molecule has 2 aliphatic rings. The molecule has 2 N–H and O–H groups in total. The monoisotopic (exact) mass is 389 g/mol. The van der Waals surface area contributed by atoms with E-state index in [1.807, 2.05) is 0 Å². The Morgan fingerprint density at radius 2 is 2.11 bits per heavy atom. The van der Waals surface area contributed by atoms with Crippen molar-refractivity contribution < 1.29 is 13.6 Å². The maximum absolute atomic E-state index is 13.5. The lowest BCUT2D eigenvalue weighted by molar-refractivity contribution is -0.128. The molecule has 2 atom stereocenters. The Labute approximate surface area is 159 Å². The van der Waals surface area contributed by atoms with Gasteiger partial charge in [-0.3, -0.25) is 9.59 Å². The Kier molecular flexibility index (Phi) is 4.65. The van der Waals surface area contributed by atoms with Crippen LogP contribution in [-0.4, -0.2) is 38.1 Å². The quantitative estimate of drug-likeness (QED) is 0.784. The van der Waals surface area contributed by atoms with Crippen LogP contribution in [0.2, 0.25) is 0 Å². The summed E-state index contributed by atoms with van der Waals surface area (Å²) in [6.45, 7) is 0.157. The van der Waals surface area contributed by atoms with E-state index in [0.717, 1.165) is 6.42 Å². The topological polar surface area (TPSA) is 92.7 Å². The van der Waals surface area contributed by atoms with E-state index in [0.29, 0.717) is 23.3 Å². The molecule has 2 heterocycles. The molecule has 0 bridgehead atoms. The summed E-state index contributed by atoms with van der Waals surface area (Å²) in [7, 11) is 0. The third-order valence-electron chi connectivity index (χ3n) is 5.84. The number of nitrogens with zero attached hydrogens (tertiary/aromatic N) is 3. The van der Waals surface area contributed by atoms with E-state index in [9.17, 15) is 18.4 Å². The van der Waals surface area contributed by atoms with Crippen molar-refractivity contribution in [3.8, 4) is 12.3 Å². The van der Waals surface area contributed by atoms with Gasteiger partial charge in [0.25, 0.3) is 5.56 Å². The van der Waals surface area contributed by atoms with E-state index >= 15 is 0 Å². The van der Waals surface area contributed by atoms with Crippen molar-refractivity contribution in [2.45, 2.75) is 56.4 Å². The number of hydrogen-bond acceptors (Lipinski definition) is 4. The highest BCUT2D eigenvalue weighted by molar-refractivity contribution is 5.81. The molecule has 9 heteroatoms. The number of carbonyl (C=O) groups is 1. The Balaban J connectivity index is 1.62. The number of terminal acetylenes is 1. The number of H-pyrrole nitrogens is 1. The lowest BCUT2D eigenvalue weighted by Gasteiger charge is -2.34. The third-order valence-corrected chi connectivity index (χ3v) is 5.84. The van der Waals surface area contributed by atoms with E-state index in [4.69, 9.17) is 6.42 Å². The van der Waals surface area contributed by atoms with Crippen LogP contribution in [0.1, 0.15) is 56.3 Å². The summed E-state index contributed by atoms with van der Waals surface area (Å²) in [5.41, 5.74) is 0.0609. The van der Waals surface area contributed by atoms with Gasteiger partial charge in [-0.2, -0.15) is 5.10 Å². The average Bonchev–Trinajstić information content (AvgIpc) is 3.03. The van der Waals surface area contributed by atoms with E-state index in [2.05, 4.69) is 26.3 Å². The zero-order valence-corrected chi connectivity index (χ0v) is 15.3. The minimum atomic E-state index is -2.64. The first-order valence-electron chi connectivity index (χ1n) is 9.46. The van der Waals surface area contributed by atoms with Gasteiger partial charge in [0.2, 0.25) is 11.8 Å². The van der Waals surface area contributed by atoms with Crippen LogP contribution >= 0.6 is 0 Å². The fraction of sp³-hybridized carbons (Fsp3) is 0.579. The van der Waals surface area contributed by atoms with Crippen LogP contribution in [0.15, 0.2) is 11.0 Å². The van der Waals surface area contributed by atoms with Crippen LogP contribution in [0, 0.1) is 18.3 Å². The maximum Gasteiger partial charge on any atom is 0.262 e. The van der Waals surface area contributed by atoms with Crippen molar-refractivity contribution >= 4 is 16.9 Å². The van der Waals surface area contributed by atoms with Gasteiger partial charge in [0.15, 0.2) is 5.65 Å². The van der Waals surface area contributed by atoms with Crippen molar-refractivity contribution in [3.63, 3.8) is 0 Å². The summed E-state index contributed by atoms with van der Waals surface area (Å²) in [4.78, 5) is 32.1. The maximum atomic E-state index is 13.5. The van der Waals surface area contributed by atoms with Gasteiger partial charge < -0.3 is 10.3 Å². The van der Waals surface area contributed by atoms with Gasteiger partial charge in [-0.25, -0.2) is 18.4 Å². The lowest BCUT2D eigenvalue weighted by Crippen LogP contribution is -2.40. The normalized spacial score (nSPS) is 24.5. The first-order valence-corrected chi connectivity index (χ1v) is 9.46. The van der Waals surface area contributed by atoms with Gasteiger partial charge in [-0.15, -0.1) is 6.42 Å². The molecule has 2 aliphatic carbocycles. The number of aromatic nitrogens is 4. The Morgan fingerprint density at radius 1 is 1.36 bits per heavy atom. The predicted octanol–water partition coefficient (Wildman–Crippen LogP) is 2.11. The molecule has 1 amide bonds. The fourth-order valence-electron chi connectivity index (χ4n) is 4.08. The fourth-order valence-corrected chi connectivity index (χ4v) is 4.08. The number of alkyl halides is 2. The van der Waals surface area contributed by atoms with Crippen molar-refractivity contribution in [3.05, 3.63) is 22.4 Å². The second kappa shape index (κ2) is 7.00. The molecule has 2 aromatic heterocycles. The number of aromatic amines is 1. The largest absolute Gasteiger partial charge is 0.345 e. The summed E-state index contributed by atoms with van der Waals surface area (Å²) in [5, 5.41) is 7.25. The molecule has 2 fully saturated rings. The van der Waals surface area contributed by atoms with Crippen LogP contribution < -0.4 is 10.9 Å². The molecule has 2 saturated carbocycles. The first-order chi connectivity index (χ1) is 13.4. The molecule has 0 aliphatic heterocycles. The Morgan fingerprint density at radius 3 is 2.75 bits per heavy atom. The first kappa shape index (κ1) is 18.6. The van der Waals surface area contributed by atoms with Gasteiger partial charge in [-0.05, 0) is 25.7 Å².